The van der Waals surface area contributed by atoms with Crippen molar-refractivity contribution >= 4 is 22.3 Å². The van der Waals surface area contributed by atoms with E-state index in [-0.39, 0.29) is 6.10 Å². The van der Waals surface area contributed by atoms with Gasteiger partial charge < -0.3 is 16.2 Å². The Labute approximate surface area is 106 Å². The molecule has 98 valence electrons. The number of nitrogen functional groups attached to an aromatic ring is 1. The first-order chi connectivity index (χ1) is 8.56. The fraction of sp³-hybridized carbons (Fsp3) is 0.462. The number of hydrogen-bond acceptors (Lipinski definition) is 4. The molecule has 0 saturated carbocycles. The molecule has 1 unspecified atom stereocenters. The van der Waals surface area contributed by atoms with E-state index in [1.807, 2.05) is 12.1 Å². The van der Waals surface area contributed by atoms with Crippen LogP contribution < -0.4 is 11.1 Å². The van der Waals surface area contributed by atoms with Crippen molar-refractivity contribution < 1.29 is 5.11 Å². The van der Waals surface area contributed by atoms with Crippen LogP contribution in [0, 0.1) is 5.92 Å². The van der Waals surface area contributed by atoms with E-state index in [9.17, 15) is 5.11 Å². The van der Waals surface area contributed by atoms with Crippen LogP contribution in [0.4, 0.5) is 11.4 Å². The molecule has 1 heterocycles. The number of fused-ring (bicyclic) bond motifs is 1. The number of rotatable bonds is 5. The van der Waals surface area contributed by atoms with Crippen molar-refractivity contribution in [2.45, 2.75) is 26.4 Å². The standard InChI is InChI=1S/C13H20N4O/c1-8(2)3-10(18)7-15-13-5-12-9(4-11(13)14)6-16-17-12/h4-6,8,10,15,18H,3,7,14H2,1-2H3,(H,16,17). The van der Waals surface area contributed by atoms with Gasteiger partial charge >= 0.3 is 0 Å². The van der Waals surface area contributed by atoms with Gasteiger partial charge in [-0.15, -0.1) is 0 Å². The maximum Gasteiger partial charge on any atom is 0.0715 e. The smallest absolute Gasteiger partial charge is 0.0715 e. The molecule has 5 heteroatoms. The second kappa shape index (κ2) is 5.27. The summed E-state index contributed by atoms with van der Waals surface area (Å²) in [6, 6.07) is 3.79. The molecule has 0 amide bonds. The molecule has 2 rings (SSSR count). The minimum absolute atomic E-state index is 0.359. The number of aliphatic hydroxyl groups excluding tert-OH is 1. The lowest BCUT2D eigenvalue weighted by Crippen LogP contribution is -2.21. The molecule has 18 heavy (non-hydrogen) atoms. The first-order valence-electron chi connectivity index (χ1n) is 6.21. The van der Waals surface area contributed by atoms with Crippen molar-refractivity contribution in [1.29, 1.82) is 0 Å². The van der Waals surface area contributed by atoms with Crippen LogP contribution in [0.25, 0.3) is 10.9 Å². The van der Waals surface area contributed by atoms with Gasteiger partial charge in [0.15, 0.2) is 0 Å². The van der Waals surface area contributed by atoms with Gasteiger partial charge in [0.25, 0.3) is 0 Å². The molecule has 2 aromatic rings. The molecule has 5 nitrogen and oxygen atoms in total. The number of aromatic amines is 1. The topological polar surface area (TPSA) is 87.0 Å². The van der Waals surface area contributed by atoms with Crippen molar-refractivity contribution in [2.24, 2.45) is 5.92 Å². The Morgan fingerprint density at radius 3 is 2.94 bits per heavy atom. The van der Waals surface area contributed by atoms with Crippen molar-refractivity contribution in [3.8, 4) is 0 Å². The Kier molecular flexibility index (Phi) is 3.72. The summed E-state index contributed by atoms with van der Waals surface area (Å²) < 4.78 is 0. The Balaban J connectivity index is 2.04. The van der Waals surface area contributed by atoms with E-state index in [4.69, 9.17) is 5.73 Å². The summed E-state index contributed by atoms with van der Waals surface area (Å²) in [7, 11) is 0. The quantitative estimate of drug-likeness (QED) is 0.609. The Morgan fingerprint density at radius 1 is 1.44 bits per heavy atom. The molecule has 0 aliphatic rings. The van der Waals surface area contributed by atoms with Crippen LogP contribution in [0.1, 0.15) is 20.3 Å². The van der Waals surface area contributed by atoms with E-state index < -0.39 is 0 Å². The molecular weight excluding hydrogens is 228 g/mol. The molecular formula is C13H20N4O. The highest BCUT2D eigenvalue weighted by Crippen LogP contribution is 2.24. The molecule has 0 bridgehead atoms. The largest absolute Gasteiger partial charge is 0.397 e. The maximum absolute atomic E-state index is 9.82. The van der Waals surface area contributed by atoms with Gasteiger partial charge in [-0.1, -0.05) is 13.8 Å². The fourth-order valence-corrected chi connectivity index (χ4v) is 2.02. The summed E-state index contributed by atoms with van der Waals surface area (Å²) in [5, 5.41) is 20.8. The summed E-state index contributed by atoms with van der Waals surface area (Å²) in [6.45, 7) is 4.69. The number of aromatic nitrogens is 2. The van der Waals surface area contributed by atoms with Gasteiger partial charge in [0, 0.05) is 11.9 Å². The number of nitrogens with two attached hydrogens (primary N) is 1. The van der Waals surface area contributed by atoms with Gasteiger partial charge in [0.05, 0.1) is 29.2 Å². The molecule has 0 saturated heterocycles. The van der Waals surface area contributed by atoms with Gasteiger partial charge in [0.1, 0.15) is 0 Å². The number of aliphatic hydroxyl groups is 1. The van der Waals surface area contributed by atoms with Crippen LogP contribution in [0.3, 0.4) is 0 Å². The summed E-state index contributed by atoms with van der Waals surface area (Å²) in [5.74, 6) is 0.481. The zero-order valence-corrected chi connectivity index (χ0v) is 10.8. The van der Waals surface area contributed by atoms with Crippen molar-refractivity contribution in [1.82, 2.24) is 10.2 Å². The van der Waals surface area contributed by atoms with Crippen LogP contribution in [0.2, 0.25) is 0 Å². The highest BCUT2D eigenvalue weighted by Gasteiger charge is 2.08. The zero-order chi connectivity index (χ0) is 13.1. The second-order valence-corrected chi connectivity index (χ2v) is 5.06. The summed E-state index contributed by atoms with van der Waals surface area (Å²) in [4.78, 5) is 0. The third-order valence-corrected chi connectivity index (χ3v) is 2.88. The first-order valence-corrected chi connectivity index (χ1v) is 6.21. The maximum atomic E-state index is 9.82. The third kappa shape index (κ3) is 2.92. The van der Waals surface area contributed by atoms with Crippen LogP contribution in [-0.2, 0) is 0 Å². The number of H-pyrrole nitrogens is 1. The highest BCUT2D eigenvalue weighted by molar-refractivity contribution is 5.88. The van der Waals surface area contributed by atoms with Gasteiger partial charge in [-0.2, -0.15) is 5.10 Å². The Morgan fingerprint density at radius 2 is 2.22 bits per heavy atom. The van der Waals surface area contributed by atoms with E-state index in [0.29, 0.717) is 18.2 Å². The predicted octanol–water partition coefficient (Wildman–Crippen LogP) is 1.96. The van der Waals surface area contributed by atoms with Crippen LogP contribution >= 0.6 is 0 Å². The number of nitrogens with one attached hydrogen (secondary N) is 2. The fourth-order valence-electron chi connectivity index (χ4n) is 2.02. The average molecular weight is 248 g/mol. The van der Waals surface area contributed by atoms with E-state index in [0.717, 1.165) is 23.0 Å². The van der Waals surface area contributed by atoms with Gasteiger partial charge in [-0.25, -0.2) is 0 Å². The molecule has 0 fully saturated rings. The monoisotopic (exact) mass is 248 g/mol. The van der Waals surface area contributed by atoms with E-state index in [2.05, 4.69) is 29.4 Å². The molecule has 0 radical (unpaired) electrons. The average Bonchev–Trinajstić information content (AvgIpc) is 2.71. The second-order valence-electron chi connectivity index (χ2n) is 5.06. The molecule has 5 N–H and O–H groups in total. The molecule has 0 spiro atoms. The summed E-state index contributed by atoms with van der Waals surface area (Å²) in [5.41, 5.74) is 8.38. The number of nitrogens with zero attached hydrogens (tertiary/aromatic N) is 1. The summed E-state index contributed by atoms with van der Waals surface area (Å²) >= 11 is 0. The van der Waals surface area contributed by atoms with Crippen LogP contribution in [0.5, 0.6) is 0 Å². The van der Waals surface area contributed by atoms with Crippen molar-refractivity contribution in [2.75, 3.05) is 17.6 Å². The molecule has 1 atom stereocenters. The predicted molar refractivity (Wildman–Crippen MR) is 74.5 cm³/mol. The van der Waals surface area contributed by atoms with Gasteiger partial charge in [-0.05, 0) is 24.5 Å². The minimum atomic E-state index is -0.359. The Bertz CT molecular complexity index is 521. The normalized spacial score (nSPS) is 13.1. The van der Waals surface area contributed by atoms with Crippen molar-refractivity contribution in [3.63, 3.8) is 0 Å². The SMILES string of the molecule is CC(C)CC(O)CNc1cc2[nH]ncc2cc1N. The lowest BCUT2D eigenvalue weighted by molar-refractivity contribution is 0.161. The summed E-state index contributed by atoms with van der Waals surface area (Å²) in [6.07, 6.45) is 2.16. The third-order valence-electron chi connectivity index (χ3n) is 2.88. The number of hydrogen-bond donors (Lipinski definition) is 4. The molecule has 1 aromatic heterocycles. The minimum Gasteiger partial charge on any atom is -0.397 e. The van der Waals surface area contributed by atoms with Crippen molar-refractivity contribution in [3.05, 3.63) is 18.3 Å². The Hall–Kier alpha value is -1.75. The van der Waals surface area contributed by atoms with Gasteiger partial charge in [-0.3, -0.25) is 5.10 Å². The van der Waals surface area contributed by atoms with E-state index in [1.165, 1.54) is 0 Å². The lowest BCUT2D eigenvalue weighted by atomic mass is 10.1. The van der Waals surface area contributed by atoms with E-state index >= 15 is 0 Å². The van der Waals surface area contributed by atoms with Gasteiger partial charge in [0.2, 0.25) is 0 Å². The molecule has 0 aliphatic heterocycles. The number of anilines is 2. The lowest BCUT2D eigenvalue weighted by Gasteiger charge is -2.15. The highest BCUT2D eigenvalue weighted by atomic mass is 16.3. The van der Waals surface area contributed by atoms with E-state index in [1.54, 1.807) is 6.20 Å². The molecule has 1 aromatic carbocycles. The van der Waals surface area contributed by atoms with Crippen LogP contribution in [0.15, 0.2) is 18.3 Å². The first kappa shape index (κ1) is 12.7. The number of benzene rings is 1. The molecule has 0 aliphatic carbocycles. The van der Waals surface area contributed by atoms with Crippen LogP contribution in [-0.4, -0.2) is 28.0 Å². The zero-order valence-electron chi connectivity index (χ0n) is 10.8.